The first-order valence-corrected chi connectivity index (χ1v) is 7.36. The van der Waals surface area contributed by atoms with Crippen molar-refractivity contribution in [1.82, 2.24) is 20.0 Å². The fourth-order valence-electron chi connectivity index (χ4n) is 2.72. The predicted octanol–water partition coefficient (Wildman–Crippen LogP) is 0.535. The smallest absolute Gasteiger partial charge is 0.251 e. The number of piperazine rings is 2. The lowest BCUT2D eigenvalue weighted by atomic mass is 10.2. The van der Waals surface area contributed by atoms with Crippen LogP contribution in [0.5, 0.6) is 0 Å². The lowest BCUT2D eigenvalue weighted by Crippen LogP contribution is -2.50. The van der Waals surface area contributed by atoms with Gasteiger partial charge in [0.1, 0.15) is 0 Å². The minimum atomic E-state index is -2.25. The summed E-state index contributed by atoms with van der Waals surface area (Å²) in [6.07, 6.45) is -1.72. The van der Waals surface area contributed by atoms with E-state index in [4.69, 9.17) is 0 Å². The van der Waals surface area contributed by atoms with Gasteiger partial charge in [-0.1, -0.05) is 0 Å². The fourth-order valence-corrected chi connectivity index (χ4v) is 2.72. The predicted molar refractivity (Wildman–Crippen MR) is 87.4 cm³/mol. The van der Waals surface area contributed by atoms with Gasteiger partial charge in [0.05, 0.1) is 6.54 Å². The summed E-state index contributed by atoms with van der Waals surface area (Å²) < 4.78 is 24.5. The number of rotatable bonds is 5. The average molecular weight is 363 g/mol. The highest BCUT2D eigenvalue weighted by molar-refractivity contribution is 5.85. The zero-order chi connectivity index (χ0) is 14.4. The maximum Gasteiger partial charge on any atom is 0.251 e. The minimum Gasteiger partial charge on any atom is -0.340 e. The van der Waals surface area contributed by atoms with Crippen LogP contribution in [0.1, 0.15) is 6.42 Å². The molecule has 0 saturated carbocycles. The number of alkyl halides is 2. The molecule has 0 aromatic carbocycles. The Balaban J connectivity index is 0.00000220. The van der Waals surface area contributed by atoms with Crippen LogP contribution in [-0.2, 0) is 4.79 Å². The van der Waals surface area contributed by atoms with Crippen LogP contribution in [-0.4, -0.2) is 92.5 Å². The highest BCUT2D eigenvalue weighted by Gasteiger charge is 2.21. The fraction of sp³-hybridized carbons (Fsp3) is 0.923. The molecule has 0 unspecified atom stereocenters. The molecule has 0 aliphatic carbocycles. The molecule has 132 valence electrons. The second kappa shape index (κ2) is 11.3. The highest BCUT2D eigenvalue weighted by Crippen LogP contribution is 2.06. The quantitative estimate of drug-likeness (QED) is 0.774. The summed E-state index contributed by atoms with van der Waals surface area (Å²) in [5.41, 5.74) is 0. The van der Waals surface area contributed by atoms with E-state index in [1.165, 1.54) is 0 Å². The van der Waals surface area contributed by atoms with E-state index in [0.29, 0.717) is 19.5 Å². The zero-order valence-corrected chi connectivity index (χ0v) is 14.3. The van der Waals surface area contributed by atoms with Crippen molar-refractivity contribution >= 4 is 30.7 Å². The van der Waals surface area contributed by atoms with Crippen molar-refractivity contribution in [2.45, 2.75) is 12.8 Å². The summed E-state index contributed by atoms with van der Waals surface area (Å²) in [6, 6.07) is 0. The maximum absolute atomic E-state index is 12.3. The Kier molecular flexibility index (Phi) is 11.2. The molecule has 0 aromatic rings. The summed E-state index contributed by atoms with van der Waals surface area (Å²) >= 11 is 0. The van der Waals surface area contributed by atoms with Crippen molar-refractivity contribution in [2.75, 3.05) is 65.4 Å². The molecular formula is C13H26Cl2F2N4O. The third-order valence-electron chi connectivity index (χ3n) is 3.97. The summed E-state index contributed by atoms with van der Waals surface area (Å²) in [4.78, 5) is 17.9. The van der Waals surface area contributed by atoms with Crippen LogP contribution < -0.4 is 5.32 Å². The van der Waals surface area contributed by atoms with Gasteiger partial charge in [0.15, 0.2) is 0 Å². The second-order valence-electron chi connectivity index (χ2n) is 5.41. The van der Waals surface area contributed by atoms with E-state index in [0.717, 1.165) is 45.8 Å². The molecule has 22 heavy (non-hydrogen) atoms. The molecule has 0 spiro atoms. The van der Waals surface area contributed by atoms with Gasteiger partial charge in [-0.05, 0) is 0 Å². The van der Waals surface area contributed by atoms with E-state index in [2.05, 4.69) is 10.2 Å². The largest absolute Gasteiger partial charge is 0.340 e. The van der Waals surface area contributed by atoms with Gasteiger partial charge in [0.2, 0.25) is 5.91 Å². The zero-order valence-electron chi connectivity index (χ0n) is 12.7. The maximum atomic E-state index is 12.3. The Bertz CT molecular complexity index is 312. The lowest BCUT2D eigenvalue weighted by molar-refractivity contribution is -0.132. The van der Waals surface area contributed by atoms with Crippen molar-refractivity contribution < 1.29 is 13.6 Å². The number of nitrogens with zero attached hydrogens (tertiary/aromatic N) is 3. The molecule has 2 aliphatic heterocycles. The van der Waals surface area contributed by atoms with Crippen LogP contribution in [0.3, 0.4) is 0 Å². The summed E-state index contributed by atoms with van der Waals surface area (Å²) in [6.45, 7) is 6.85. The molecule has 9 heteroatoms. The SMILES string of the molecule is Cl.Cl.O=C(CCN1CCN(CC(F)F)CC1)N1CCNCC1. The van der Waals surface area contributed by atoms with E-state index >= 15 is 0 Å². The molecule has 2 rings (SSSR count). The van der Waals surface area contributed by atoms with Crippen molar-refractivity contribution in [3.05, 3.63) is 0 Å². The van der Waals surface area contributed by atoms with Crippen molar-refractivity contribution in [3.8, 4) is 0 Å². The molecule has 2 heterocycles. The lowest BCUT2D eigenvalue weighted by Gasteiger charge is -2.35. The van der Waals surface area contributed by atoms with Crippen LogP contribution in [0.25, 0.3) is 0 Å². The molecule has 5 nitrogen and oxygen atoms in total. The first-order valence-electron chi connectivity index (χ1n) is 7.36. The van der Waals surface area contributed by atoms with E-state index in [1.807, 2.05) is 4.90 Å². The number of nitrogens with one attached hydrogen (secondary N) is 1. The third-order valence-corrected chi connectivity index (χ3v) is 3.97. The molecule has 0 radical (unpaired) electrons. The molecule has 0 bridgehead atoms. The number of hydrogen-bond acceptors (Lipinski definition) is 4. The summed E-state index contributed by atoms with van der Waals surface area (Å²) in [7, 11) is 0. The van der Waals surface area contributed by atoms with E-state index in [-0.39, 0.29) is 37.3 Å². The molecule has 2 fully saturated rings. The molecule has 2 aliphatic rings. The molecular weight excluding hydrogens is 337 g/mol. The van der Waals surface area contributed by atoms with Gasteiger partial charge in [-0.3, -0.25) is 9.69 Å². The van der Waals surface area contributed by atoms with E-state index in [9.17, 15) is 13.6 Å². The van der Waals surface area contributed by atoms with Crippen molar-refractivity contribution in [2.24, 2.45) is 0 Å². The Labute approximate surface area is 143 Å². The van der Waals surface area contributed by atoms with Gasteiger partial charge in [0, 0.05) is 65.3 Å². The van der Waals surface area contributed by atoms with Crippen LogP contribution >= 0.6 is 24.8 Å². The third kappa shape index (κ3) is 7.37. The molecule has 0 atom stereocenters. The number of carbonyl (C=O) groups is 1. The Hall–Kier alpha value is -0.210. The molecule has 1 amide bonds. The standard InChI is InChI=1S/C13H24F2N4O.2ClH/c14-12(15)11-18-9-7-17(8-10-18)4-1-13(20)19-5-2-16-3-6-19;;/h12,16H,1-11H2;2*1H. The van der Waals surface area contributed by atoms with Gasteiger partial charge in [-0.15, -0.1) is 24.8 Å². The second-order valence-corrected chi connectivity index (χ2v) is 5.41. The number of amides is 1. The van der Waals surface area contributed by atoms with Gasteiger partial charge in [-0.2, -0.15) is 0 Å². The molecule has 1 N–H and O–H groups in total. The average Bonchev–Trinajstić information content (AvgIpc) is 2.46. The molecule has 0 aromatic heterocycles. The van der Waals surface area contributed by atoms with Gasteiger partial charge in [-0.25, -0.2) is 8.78 Å². The van der Waals surface area contributed by atoms with Crippen molar-refractivity contribution in [1.29, 1.82) is 0 Å². The number of carbonyl (C=O) groups excluding carboxylic acids is 1. The van der Waals surface area contributed by atoms with Crippen LogP contribution in [0.4, 0.5) is 8.78 Å². The highest BCUT2D eigenvalue weighted by atomic mass is 35.5. The van der Waals surface area contributed by atoms with Crippen molar-refractivity contribution in [3.63, 3.8) is 0 Å². The van der Waals surface area contributed by atoms with Crippen LogP contribution in [0, 0.1) is 0 Å². The van der Waals surface area contributed by atoms with Gasteiger partial charge in [0.25, 0.3) is 6.43 Å². The van der Waals surface area contributed by atoms with E-state index < -0.39 is 6.43 Å². The Morgan fingerprint density at radius 3 is 2.05 bits per heavy atom. The first kappa shape index (κ1) is 21.8. The van der Waals surface area contributed by atoms with E-state index in [1.54, 1.807) is 4.90 Å². The van der Waals surface area contributed by atoms with Gasteiger partial charge < -0.3 is 15.1 Å². The minimum absolute atomic E-state index is 0. The van der Waals surface area contributed by atoms with Gasteiger partial charge >= 0.3 is 0 Å². The summed E-state index contributed by atoms with van der Waals surface area (Å²) in [5, 5.41) is 3.22. The monoisotopic (exact) mass is 362 g/mol. The number of hydrogen-bond donors (Lipinski definition) is 1. The molecule has 2 saturated heterocycles. The topological polar surface area (TPSA) is 38.8 Å². The van der Waals surface area contributed by atoms with Crippen LogP contribution in [0.2, 0.25) is 0 Å². The normalized spacial score (nSPS) is 20.4. The first-order chi connectivity index (χ1) is 9.65. The summed E-state index contributed by atoms with van der Waals surface area (Å²) in [5.74, 6) is 0.210. The van der Waals surface area contributed by atoms with Crippen LogP contribution in [0.15, 0.2) is 0 Å². The Morgan fingerprint density at radius 1 is 0.955 bits per heavy atom. The number of halogens is 4. The Morgan fingerprint density at radius 2 is 1.50 bits per heavy atom.